The summed E-state index contributed by atoms with van der Waals surface area (Å²) in [6.07, 6.45) is 0. The van der Waals surface area contributed by atoms with Crippen LogP contribution in [0.1, 0.15) is 10.4 Å². The number of methoxy groups -OCH3 is 1. The highest BCUT2D eigenvalue weighted by molar-refractivity contribution is 7.21. The van der Waals surface area contributed by atoms with Crippen LogP contribution < -0.4 is 0 Å². The molecule has 0 unspecified atom stereocenters. The summed E-state index contributed by atoms with van der Waals surface area (Å²) in [6, 6.07) is 16.8. The lowest BCUT2D eigenvalue weighted by Crippen LogP contribution is -2.02. The topological polar surface area (TPSA) is 52.3 Å². The van der Waals surface area contributed by atoms with Crippen LogP contribution in [0.4, 0.5) is 0 Å². The third kappa shape index (κ3) is 2.92. The molecule has 0 atom stereocenters. The lowest BCUT2D eigenvalue weighted by molar-refractivity contribution is 0.0601. The van der Waals surface area contributed by atoms with Crippen molar-refractivity contribution < 1.29 is 13.9 Å². The Bertz CT molecular complexity index is 1050. The van der Waals surface area contributed by atoms with Crippen molar-refractivity contribution in [2.75, 3.05) is 7.11 Å². The second kappa shape index (κ2) is 6.35. The first-order valence-electron chi connectivity index (χ1n) is 7.50. The van der Waals surface area contributed by atoms with Crippen LogP contribution in [0.15, 0.2) is 59.0 Å². The Morgan fingerprint density at radius 1 is 1.12 bits per heavy atom. The van der Waals surface area contributed by atoms with Gasteiger partial charge in [0.05, 0.1) is 27.9 Å². The monoisotopic (exact) mass is 369 g/mol. The number of furan rings is 1. The van der Waals surface area contributed by atoms with E-state index in [1.165, 1.54) is 7.11 Å². The van der Waals surface area contributed by atoms with Crippen LogP contribution in [0.5, 0.6) is 0 Å². The maximum absolute atomic E-state index is 11.8. The molecule has 25 heavy (non-hydrogen) atoms. The van der Waals surface area contributed by atoms with Gasteiger partial charge in [0.1, 0.15) is 5.76 Å². The number of esters is 1. The third-order valence-corrected chi connectivity index (χ3v) is 5.15. The summed E-state index contributed by atoms with van der Waals surface area (Å²) in [7, 11) is 1.32. The quantitative estimate of drug-likeness (QED) is 0.437. The van der Waals surface area contributed by atoms with E-state index in [2.05, 4.69) is 4.98 Å². The molecule has 0 N–H and O–H groups in total. The molecule has 0 aliphatic heterocycles. The van der Waals surface area contributed by atoms with Crippen LogP contribution in [0.25, 0.3) is 32.3 Å². The summed E-state index contributed by atoms with van der Waals surface area (Å²) in [6.45, 7) is 0. The van der Waals surface area contributed by atoms with Crippen molar-refractivity contribution in [1.82, 2.24) is 4.98 Å². The van der Waals surface area contributed by atoms with Crippen molar-refractivity contribution in [3.05, 3.63) is 65.2 Å². The first kappa shape index (κ1) is 15.9. The number of carbonyl (C=O) groups is 1. The Morgan fingerprint density at radius 2 is 1.92 bits per heavy atom. The highest BCUT2D eigenvalue weighted by Crippen LogP contribution is 2.34. The van der Waals surface area contributed by atoms with E-state index in [4.69, 9.17) is 20.8 Å². The summed E-state index contributed by atoms with van der Waals surface area (Å²) in [5, 5.41) is 1.16. The third-order valence-electron chi connectivity index (χ3n) is 3.77. The first-order chi connectivity index (χ1) is 12.2. The number of benzene rings is 2. The molecule has 0 radical (unpaired) electrons. The number of para-hydroxylation sites is 1. The largest absolute Gasteiger partial charge is 0.465 e. The molecular formula is C19H12ClNO3S. The van der Waals surface area contributed by atoms with Crippen LogP contribution in [-0.4, -0.2) is 18.1 Å². The van der Waals surface area contributed by atoms with Crippen molar-refractivity contribution in [2.24, 2.45) is 0 Å². The van der Waals surface area contributed by atoms with Crippen molar-refractivity contribution in [1.29, 1.82) is 0 Å². The Morgan fingerprint density at radius 3 is 2.72 bits per heavy atom. The molecule has 0 spiro atoms. The van der Waals surface area contributed by atoms with E-state index < -0.39 is 5.97 Å². The van der Waals surface area contributed by atoms with Gasteiger partial charge in [-0.2, -0.15) is 0 Å². The van der Waals surface area contributed by atoms with Gasteiger partial charge in [0.15, 0.2) is 10.8 Å². The van der Waals surface area contributed by atoms with E-state index in [1.807, 2.05) is 36.4 Å². The van der Waals surface area contributed by atoms with Gasteiger partial charge < -0.3 is 9.15 Å². The fraction of sp³-hybridized carbons (Fsp3) is 0.0526. The second-order valence-corrected chi connectivity index (χ2v) is 6.77. The fourth-order valence-electron chi connectivity index (χ4n) is 2.53. The lowest BCUT2D eigenvalue weighted by Gasteiger charge is -2.04. The van der Waals surface area contributed by atoms with Crippen LogP contribution in [0.3, 0.4) is 0 Å². The number of hydrogen-bond acceptors (Lipinski definition) is 5. The van der Waals surface area contributed by atoms with Crippen LogP contribution >= 0.6 is 22.9 Å². The number of rotatable bonds is 3. The minimum atomic E-state index is -0.482. The standard InChI is InChI=1S/C19H12ClNO3S/c1-23-19(22)12-10-11(6-7-13(12)20)15-8-9-16(24-15)18-21-14-4-2-3-5-17(14)25-18/h2-10H,1H3. The van der Waals surface area contributed by atoms with Gasteiger partial charge in [-0.3, -0.25) is 0 Å². The van der Waals surface area contributed by atoms with Gasteiger partial charge in [0.2, 0.25) is 0 Å². The molecule has 2 aromatic carbocycles. The smallest absolute Gasteiger partial charge is 0.339 e. The van der Waals surface area contributed by atoms with Crippen LogP contribution in [0, 0.1) is 0 Å². The van der Waals surface area contributed by atoms with Gasteiger partial charge >= 0.3 is 5.97 Å². The molecule has 2 aromatic heterocycles. The maximum Gasteiger partial charge on any atom is 0.339 e. The summed E-state index contributed by atoms with van der Waals surface area (Å²) >= 11 is 7.64. The summed E-state index contributed by atoms with van der Waals surface area (Å²) in [5.41, 5.74) is 2.00. The molecule has 0 fully saturated rings. The van der Waals surface area contributed by atoms with E-state index in [0.717, 1.165) is 20.8 Å². The SMILES string of the molecule is COC(=O)c1cc(-c2ccc(-c3nc4ccccc4s3)o2)ccc1Cl. The first-order valence-corrected chi connectivity index (χ1v) is 8.69. The second-order valence-electron chi connectivity index (χ2n) is 5.34. The Balaban J connectivity index is 1.73. The molecular weight excluding hydrogens is 358 g/mol. The van der Waals surface area contributed by atoms with E-state index in [9.17, 15) is 4.79 Å². The van der Waals surface area contributed by atoms with Gasteiger partial charge in [-0.15, -0.1) is 11.3 Å². The van der Waals surface area contributed by atoms with Gasteiger partial charge in [-0.25, -0.2) is 9.78 Å². The zero-order chi connectivity index (χ0) is 17.4. The number of aromatic nitrogens is 1. The highest BCUT2D eigenvalue weighted by Gasteiger charge is 2.15. The van der Waals surface area contributed by atoms with E-state index in [0.29, 0.717) is 22.1 Å². The van der Waals surface area contributed by atoms with Crippen molar-refractivity contribution >= 4 is 39.1 Å². The zero-order valence-corrected chi connectivity index (χ0v) is 14.7. The molecule has 124 valence electrons. The number of halogens is 1. The average Bonchev–Trinajstić information content (AvgIpc) is 3.28. The van der Waals surface area contributed by atoms with Crippen molar-refractivity contribution in [3.8, 4) is 22.1 Å². The molecule has 0 amide bonds. The van der Waals surface area contributed by atoms with E-state index in [1.54, 1.807) is 29.5 Å². The minimum absolute atomic E-state index is 0.305. The fourth-order valence-corrected chi connectivity index (χ4v) is 3.65. The molecule has 0 saturated carbocycles. The lowest BCUT2D eigenvalue weighted by atomic mass is 10.1. The normalized spacial score (nSPS) is 11.0. The van der Waals surface area contributed by atoms with Gasteiger partial charge in [-0.05, 0) is 42.5 Å². The van der Waals surface area contributed by atoms with E-state index in [-0.39, 0.29) is 0 Å². The predicted octanol–water partition coefficient (Wildman–Crippen LogP) is 5.66. The molecule has 0 saturated heterocycles. The Labute approximate surface area is 152 Å². The van der Waals surface area contributed by atoms with Gasteiger partial charge in [0.25, 0.3) is 0 Å². The predicted molar refractivity (Wildman–Crippen MR) is 99.1 cm³/mol. The molecule has 4 aromatic rings. The maximum atomic E-state index is 11.8. The number of ether oxygens (including phenoxy) is 1. The molecule has 4 rings (SSSR count). The van der Waals surface area contributed by atoms with Crippen LogP contribution in [-0.2, 0) is 4.74 Å². The van der Waals surface area contributed by atoms with Gasteiger partial charge in [0, 0.05) is 5.56 Å². The molecule has 0 bridgehead atoms. The van der Waals surface area contributed by atoms with E-state index >= 15 is 0 Å². The number of hydrogen-bond donors (Lipinski definition) is 0. The van der Waals surface area contributed by atoms with Gasteiger partial charge in [-0.1, -0.05) is 23.7 Å². The molecule has 0 aliphatic carbocycles. The van der Waals surface area contributed by atoms with Crippen molar-refractivity contribution in [3.63, 3.8) is 0 Å². The summed E-state index contributed by atoms with van der Waals surface area (Å²) in [4.78, 5) is 16.4. The number of nitrogens with zero attached hydrogens (tertiary/aromatic N) is 1. The number of thiazole rings is 1. The Kier molecular flexibility index (Phi) is 4.03. The molecule has 2 heterocycles. The summed E-state index contributed by atoms with van der Waals surface area (Å²) < 4.78 is 11.8. The molecule has 0 aliphatic rings. The highest BCUT2D eigenvalue weighted by atomic mass is 35.5. The average molecular weight is 370 g/mol. The van der Waals surface area contributed by atoms with Crippen LogP contribution in [0.2, 0.25) is 5.02 Å². The minimum Gasteiger partial charge on any atom is -0.465 e. The molecule has 6 heteroatoms. The zero-order valence-electron chi connectivity index (χ0n) is 13.2. The number of fused-ring (bicyclic) bond motifs is 1. The summed E-state index contributed by atoms with van der Waals surface area (Å²) in [5.74, 6) is 0.839. The molecule has 4 nitrogen and oxygen atoms in total. The Hall–Kier alpha value is -2.63. The number of carbonyl (C=O) groups excluding carboxylic acids is 1. The van der Waals surface area contributed by atoms with Crippen molar-refractivity contribution in [2.45, 2.75) is 0 Å².